The van der Waals surface area contributed by atoms with E-state index >= 15 is 0 Å². The van der Waals surface area contributed by atoms with Crippen molar-refractivity contribution in [3.63, 3.8) is 0 Å². The van der Waals surface area contributed by atoms with Gasteiger partial charge in [-0.2, -0.15) is 0 Å². The van der Waals surface area contributed by atoms with Crippen molar-refractivity contribution in [3.05, 3.63) is 17.1 Å². The Bertz CT molecular complexity index is 886. The summed E-state index contributed by atoms with van der Waals surface area (Å²) >= 11 is 0. The van der Waals surface area contributed by atoms with Crippen LogP contribution < -0.4 is 4.90 Å². The number of fused-ring (bicyclic) bond motifs is 1. The molecule has 0 unspecified atom stereocenters. The summed E-state index contributed by atoms with van der Waals surface area (Å²) in [5.41, 5.74) is 2.08. The van der Waals surface area contributed by atoms with Gasteiger partial charge in [-0.15, -0.1) is 0 Å². The number of hydrogen-bond acceptors (Lipinski definition) is 5. The molecule has 1 aromatic rings. The van der Waals surface area contributed by atoms with E-state index in [4.69, 9.17) is 9.97 Å². The van der Waals surface area contributed by atoms with Crippen LogP contribution in [0, 0.1) is 12.8 Å². The van der Waals surface area contributed by atoms with Gasteiger partial charge < -0.3 is 9.80 Å². The van der Waals surface area contributed by atoms with Crippen molar-refractivity contribution in [1.29, 1.82) is 0 Å². The van der Waals surface area contributed by atoms with Crippen LogP contribution in [-0.2, 0) is 20.8 Å². The number of rotatable bonds is 4. The van der Waals surface area contributed by atoms with E-state index in [2.05, 4.69) is 6.92 Å². The van der Waals surface area contributed by atoms with Crippen LogP contribution in [0.2, 0.25) is 0 Å². The highest BCUT2D eigenvalue weighted by atomic mass is 16.2. The quantitative estimate of drug-likeness (QED) is 0.716. The highest BCUT2D eigenvalue weighted by molar-refractivity contribution is 5.95. The number of aromatic nitrogens is 2. The molecule has 2 fully saturated rings. The second-order valence-electron chi connectivity index (χ2n) is 9.39. The van der Waals surface area contributed by atoms with Crippen LogP contribution in [0.3, 0.4) is 0 Å². The van der Waals surface area contributed by atoms with Crippen LogP contribution in [0.5, 0.6) is 0 Å². The van der Waals surface area contributed by atoms with E-state index in [-0.39, 0.29) is 29.6 Å². The molecular weight excluding hydrogens is 406 g/mol. The third-order valence-corrected chi connectivity index (χ3v) is 7.26. The summed E-state index contributed by atoms with van der Waals surface area (Å²) in [6.45, 7) is 9.17. The Labute approximate surface area is 190 Å². The summed E-state index contributed by atoms with van der Waals surface area (Å²) in [7, 11) is 0. The van der Waals surface area contributed by atoms with Crippen LogP contribution in [-0.4, -0.2) is 70.2 Å². The van der Waals surface area contributed by atoms with Gasteiger partial charge in [-0.3, -0.25) is 19.3 Å². The predicted molar refractivity (Wildman–Crippen MR) is 121 cm³/mol. The number of aryl methyl sites for hydroxylation is 1. The Kier molecular flexibility index (Phi) is 6.76. The summed E-state index contributed by atoms with van der Waals surface area (Å²) in [6.07, 6.45) is 5.35. The first-order valence-corrected chi connectivity index (χ1v) is 12.1. The van der Waals surface area contributed by atoms with Crippen molar-refractivity contribution < 1.29 is 14.4 Å². The molecule has 1 aromatic heterocycles. The molecule has 2 saturated heterocycles. The van der Waals surface area contributed by atoms with E-state index in [0.717, 1.165) is 61.4 Å². The molecule has 8 nitrogen and oxygen atoms in total. The Balaban J connectivity index is 1.40. The number of carbonyl (C=O) groups excluding carboxylic acids is 3. The Morgan fingerprint density at radius 3 is 2.25 bits per heavy atom. The molecule has 0 spiro atoms. The van der Waals surface area contributed by atoms with Crippen molar-refractivity contribution >= 4 is 23.5 Å². The molecule has 8 heteroatoms. The molecular formula is C24H35N5O3. The topological polar surface area (TPSA) is 86.7 Å². The lowest BCUT2D eigenvalue weighted by molar-refractivity contribution is -0.140. The van der Waals surface area contributed by atoms with Crippen LogP contribution >= 0.6 is 0 Å². The summed E-state index contributed by atoms with van der Waals surface area (Å²) < 4.78 is 0. The second kappa shape index (κ2) is 9.55. The van der Waals surface area contributed by atoms with E-state index in [9.17, 15) is 14.4 Å². The fourth-order valence-corrected chi connectivity index (χ4v) is 5.30. The fraction of sp³-hybridized carbons (Fsp3) is 0.708. The standard InChI is InChI=1S/C24H35N5O3/c1-4-11-29-21(31)6-5-20-16(2)25-22(26-23(20)29)18-7-14-28(15-8-18)24(32)19-9-12-27(13-10-19)17(3)30/h18-19H,4-15H2,1-3H3. The molecule has 4 heterocycles. The average molecular weight is 442 g/mol. The van der Waals surface area contributed by atoms with Gasteiger partial charge in [-0.05, 0) is 45.4 Å². The van der Waals surface area contributed by atoms with Gasteiger partial charge in [-0.1, -0.05) is 6.92 Å². The average Bonchev–Trinajstić information content (AvgIpc) is 2.80. The van der Waals surface area contributed by atoms with Gasteiger partial charge in [0.05, 0.1) is 0 Å². The van der Waals surface area contributed by atoms with Crippen LogP contribution in [0.25, 0.3) is 0 Å². The van der Waals surface area contributed by atoms with Crippen LogP contribution in [0.1, 0.15) is 75.4 Å². The minimum Gasteiger partial charge on any atom is -0.343 e. The minimum atomic E-state index is 0.0259. The molecule has 0 aliphatic carbocycles. The summed E-state index contributed by atoms with van der Waals surface area (Å²) in [4.78, 5) is 52.4. The van der Waals surface area contributed by atoms with Gasteiger partial charge >= 0.3 is 0 Å². The molecule has 0 bridgehead atoms. The van der Waals surface area contributed by atoms with Crippen molar-refractivity contribution in [2.24, 2.45) is 5.92 Å². The first kappa shape index (κ1) is 22.7. The molecule has 0 atom stereocenters. The van der Waals surface area contributed by atoms with Gasteiger partial charge in [0.25, 0.3) is 0 Å². The van der Waals surface area contributed by atoms with Crippen LogP contribution in [0.4, 0.5) is 5.82 Å². The van der Waals surface area contributed by atoms with Gasteiger partial charge in [0.1, 0.15) is 11.6 Å². The van der Waals surface area contributed by atoms with Gasteiger partial charge in [-0.25, -0.2) is 9.97 Å². The van der Waals surface area contributed by atoms with E-state index in [1.165, 1.54) is 0 Å². The molecule has 0 N–H and O–H groups in total. The molecule has 0 aromatic carbocycles. The van der Waals surface area contributed by atoms with E-state index in [0.29, 0.717) is 39.1 Å². The molecule has 32 heavy (non-hydrogen) atoms. The van der Waals surface area contributed by atoms with Gasteiger partial charge in [0.15, 0.2) is 0 Å². The number of nitrogens with zero attached hydrogens (tertiary/aromatic N) is 5. The zero-order valence-corrected chi connectivity index (χ0v) is 19.6. The molecule has 0 radical (unpaired) electrons. The predicted octanol–water partition coefficient (Wildman–Crippen LogP) is 2.44. The lowest BCUT2D eigenvalue weighted by Crippen LogP contribution is -2.46. The third-order valence-electron chi connectivity index (χ3n) is 7.26. The minimum absolute atomic E-state index is 0.0259. The van der Waals surface area contributed by atoms with Gasteiger partial charge in [0.2, 0.25) is 17.7 Å². The first-order valence-electron chi connectivity index (χ1n) is 12.1. The van der Waals surface area contributed by atoms with Crippen molar-refractivity contribution in [1.82, 2.24) is 19.8 Å². The fourth-order valence-electron chi connectivity index (χ4n) is 5.30. The van der Waals surface area contributed by atoms with E-state index in [1.54, 1.807) is 6.92 Å². The highest BCUT2D eigenvalue weighted by Gasteiger charge is 2.34. The molecule has 4 rings (SSSR count). The zero-order chi connectivity index (χ0) is 22.8. The molecule has 3 aliphatic heterocycles. The van der Waals surface area contributed by atoms with Crippen molar-refractivity contribution in [2.45, 2.75) is 71.6 Å². The maximum Gasteiger partial charge on any atom is 0.228 e. The smallest absolute Gasteiger partial charge is 0.228 e. The lowest BCUT2D eigenvalue weighted by Gasteiger charge is -2.37. The molecule has 3 aliphatic rings. The molecule has 3 amide bonds. The van der Waals surface area contributed by atoms with Crippen LogP contribution in [0.15, 0.2) is 0 Å². The highest BCUT2D eigenvalue weighted by Crippen LogP contribution is 2.33. The normalized spacial score (nSPS) is 20.5. The monoisotopic (exact) mass is 441 g/mol. The lowest BCUT2D eigenvalue weighted by atomic mass is 9.91. The van der Waals surface area contributed by atoms with Crippen molar-refractivity contribution in [3.8, 4) is 0 Å². The molecule has 174 valence electrons. The number of hydrogen-bond donors (Lipinski definition) is 0. The maximum atomic E-state index is 13.0. The SMILES string of the molecule is CCCN1C(=O)CCc2c(C)nc(C3CCN(C(=O)C4CCN(C(C)=O)CC4)CC3)nc21. The number of anilines is 1. The van der Waals surface area contributed by atoms with Gasteiger partial charge in [0, 0.05) is 69.2 Å². The Morgan fingerprint density at radius 2 is 1.62 bits per heavy atom. The third kappa shape index (κ3) is 4.50. The number of piperidine rings is 2. The van der Waals surface area contributed by atoms with E-state index in [1.807, 2.05) is 21.6 Å². The first-order chi connectivity index (χ1) is 15.4. The summed E-state index contributed by atoms with van der Waals surface area (Å²) in [6, 6.07) is 0. The summed E-state index contributed by atoms with van der Waals surface area (Å²) in [5.74, 6) is 2.34. The Morgan fingerprint density at radius 1 is 0.969 bits per heavy atom. The number of carbonyl (C=O) groups is 3. The van der Waals surface area contributed by atoms with E-state index < -0.39 is 0 Å². The number of amides is 3. The maximum absolute atomic E-state index is 13.0. The molecule has 0 saturated carbocycles. The van der Waals surface area contributed by atoms with Crippen molar-refractivity contribution in [2.75, 3.05) is 37.6 Å². The zero-order valence-electron chi connectivity index (χ0n) is 19.6. The Hall–Kier alpha value is -2.51. The number of likely N-dealkylation sites (tertiary alicyclic amines) is 2. The second-order valence-corrected chi connectivity index (χ2v) is 9.39. The summed E-state index contributed by atoms with van der Waals surface area (Å²) in [5, 5.41) is 0. The largest absolute Gasteiger partial charge is 0.343 e.